The first-order valence-electron chi connectivity index (χ1n) is 4.71. The van der Waals surface area contributed by atoms with E-state index in [4.69, 9.17) is 0 Å². The third-order valence-corrected chi connectivity index (χ3v) is 2.92. The van der Waals surface area contributed by atoms with Gasteiger partial charge in [0, 0.05) is 6.04 Å². The van der Waals surface area contributed by atoms with E-state index in [-0.39, 0.29) is 18.4 Å². The molecule has 1 saturated carbocycles. The summed E-state index contributed by atoms with van der Waals surface area (Å²) >= 11 is 0. The molecule has 82 valence electrons. The van der Waals surface area contributed by atoms with Crippen LogP contribution in [0, 0.1) is 11.8 Å². The van der Waals surface area contributed by atoms with Crippen molar-refractivity contribution in [3.05, 3.63) is 0 Å². The highest BCUT2D eigenvalue weighted by atomic mass is 19.4. The Kier molecular flexibility index (Phi) is 3.39. The molecule has 2 nitrogen and oxygen atoms in total. The Morgan fingerprint density at radius 2 is 2.00 bits per heavy atom. The quantitative estimate of drug-likeness (QED) is 0.693. The zero-order valence-electron chi connectivity index (χ0n) is 7.97. The molecule has 14 heavy (non-hydrogen) atoms. The van der Waals surface area contributed by atoms with Crippen LogP contribution in [-0.2, 0) is 4.79 Å². The fourth-order valence-corrected chi connectivity index (χ4v) is 2.03. The summed E-state index contributed by atoms with van der Waals surface area (Å²) in [5, 5.41) is 2.43. The number of carbonyl (C=O) groups is 1. The van der Waals surface area contributed by atoms with Crippen molar-refractivity contribution < 1.29 is 18.0 Å². The lowest BCUT2D eigenvalue weighted by molar-refractivity contribution is -0.196. The summed E-state index contributed by atoms with van der Waals surface area (Å²) < 4.78 is 37.5. The van der Waals surface area contributed by atoms with Crippen molar-refractivity contribution in [2.24, 2.45) is 11.8 Å². The standard InChI is InChI=1S/C9H14F3NO/c1-6-2-3-7(13-5-14)4-8(6)9(10,11)12/h5-8H,2-4H2,1H3,(H,13,14). The van der Waals surface area contributed by atoms with Gasteiger partial charge in [0.05, 0.1) is 5.92 Å². The smallest absolute Gasteiger partial charge is 0.356 e. The Bertz CT molecular complexity index is 205. The molecule has 0 bridgehead atoms. The minimum absolute atomic E-state index is 0.0173. The highest BCUT2D eigenvalue weighted by Gasteiger charge is 2.45. The van der Waals surface area contributed by atoms with Gasteiger partial charge in [0.1, 0.15) is 0 Å². The third kappa shape index (κ3) is 2.62. The van der Waals surface area contributed by atoms with Crippen molar-refractivity contribution in [1.29, 1.82) is 0 Å². The molecule has 0 spiro atoms. The molecule has 5 heteroatoms. The molecule has 1 fully saturated rings. The Morgan fingerprint density at radius 3 is 2.50 bits per heavy atom. The SMILES string of the molecule is CC1CCC(NC=O)CC1C(F)(F)F. The number of hydrogen-bond donors (Lipinski definition) is 1. The van der Waals surface area contributed by atoms with Gasteiger partial charge in [0.2, 0.25) is 6.41 Å². The van der Waals surface area contributed by atoms with Crippen LogP contribution >= 0.6 is 0 Å². The van der Waals surface area contributed by atoms with Gasteiger partial charge < -0.3 is 5.32 Å². The van der Waals surface area contributed by atoms with E-state index in [0.717, 1.165) is 0 Å². The predicted octanol–water partition coefficient (Wildman–Crippen LogP) is 2.10. The molecule has 0 aliphatic heterocycles. The molecule has 1 aliphatic rings. The fourth-order valence-electron chi connectivity index (χ4n) is 2.03. The number of rotatable bonds is 2. The summed E-state index contributed by atoms with van der Waals surface area (Å²) in [6.45, 7) is 1.62. The van der Waals surface area contributed by atoms with Crippen LogP contribution in [0.4, 0.5) is 13.2 Å². The lowest BCUT2D eigenvalue weighted by atomic mass is 9.77. The number of halogens is 3. The van der Waals surface area contributed by atoms with Crippen LogP contribution in [0.5, 0.6) is 0 Å². The maximum atomic E-state index is 12.5. The minimum Gasteiger partial charge on any atom is -0.356 e. The van der Waals surface area contributed by atoms with E-state index in [1.54, 1.807) is 6.92 Å². The average Bonchev–Trinajstić information content (AvgIpc) is 2.07. The maximum absolute atomic E-state index is 12.5. The van der Waals surface area contributed by atoms with Crippen molar-refractivity contribution in [2.75, 3.05) is 0 Å². The molecule has 0 heterocycles. The van der Waals surface area contributed by atoms with Crippen LogP contribution in [0.1, 0.15) is 26.2 Å². The largest absolute Gasteiger partial charge is 0.392 e. The first-order chi connectivity index (χ1) is 6.45. The van der Waals surface area contributed by atoms with E-state index in [2.05, 4.69) is 5.32 Å². The van der Waals surface area contributed by atoms with E-state index in [1.807, 2.05) is 0 Å². The first kappa shape index (κ1) is 11.3. The van der Waals surface area contributed by atoms with Gasteiger partial charge in [0.25, 0.3) is 0 Å². The van der Waals surface area contributed by atoms with Crippen molar-refractivity contribution in [3.8, 4) is 0 Å². The van der Waals surface area contributed by atoms with E-state index < -0.39 is 12.1 Å². The molecule has 0 aromatic carbocycles. The molecule has 1 aliphatic carbocycles. The zero-order valence-corrected chi connectivity index (χ0v) is 7.97. The summed E-state index contributed by atoms with van der Waals surface area (Å²) in [5.41, 5.74) is 0. The second-order valence-corrected chi connectivity index (χ2v) is 3.92. The molecule has 3 unspecified atom stereocenters. The Balaban J connectivity index is 2.59. The summed E-state index contributed by atoms with van der Waals surface area (Å²) in [6, 6.07) is -0.310. The maximum Gasteiger partial charge on any atom is 0.392 e. The molecular formula is C9H14F3NO. The van der Waals surface area contributed by atoms with Gasteiger partial charge in [0.15, 0.2) is 0 Å². The number of alkyl halides is 3. The number of hydrogen-bond acceptors (Lipinski definition) is 1. The van der Waals surface area contributed by atoms with Gasteiger partial charge in [-0.2, -0.15) is 13.2 Å². The van der Waals surface area contributed by atoms with Crippen molar-refractivity contribution >= 4 is 6.41 Å². The summed E-state index contributed by atoms with van der Waals surface area (Å²) in [5.74, 6) is -1.60. The Hall–Kier alpha value is -0.740. The first-order valence-corrected chi connectivity index (χ1v) is 4.71. The molecule has 0 aromatic heterocycles. The summed E-state index contributed by atoms with van der Waals surface area (Å²) in [7, 11) is 0. The second kappa shape index (κ2) is 4.19. The van der Waals surface area contributed by atoms with Crippen molar-refractivity contribution in [3.63, 3.8) is 0 Å². The molecule has 1 N–H and O–H groups in total. The van der Waals surface area contributed by atoms with E-state index in [0.29, 0.717) is 19.3 Å². The number of nitrogens with one attached hydrogen (secondary N) is 1. The number of carbonyl (C=O) groups excluding carboxylic acids is 1. The van der Waals surface area contributed by atoms with E-state index in [1.165, 1.54) is 0 Å². The van der Waals surface area contributed by atoms with Gasteiger partial charge in [-0.1, -0.05) is 6.92 Å². The van der Waals surface area contributed by atoms with Gasteiger partial charge in [-0.15, -0.1) is 0 Å². The molecule has 1 rings (SSSR count). The second-order valence-electron chi connectivity index (χ2n) is 3.92. The van der Waals surface area contributed by atoms with E-state index in [9.17, 15) is 18.0 Å². The van der Waals surface area contributed by atoms with Crippen LogP contribution in [0.25, 0.3) is 0 Å². The van der Waals surface area contributed by atoms with Crippen LogP contribution in [0.3, 0.4) is 0 Å². The minimum atomic E-state index is -4.14. The Labute approximate surface area is 80.9 Å². The van der Waals surface area contributed by atoms with Crippen LogP contribution in [0.2, 0.25) is 0 Å². The van der Waals surface area contributed by atoms with Crippen molar-refractivity contribution in [2.45, 2.75) is 38.4 Å². The normalized spacial score (nSPS) is 33.9. The molecular weight excluding hydrogens is 195 g/mol. The lowest BCUT2D eigenvalue weighted by Gasteiger charge is -2.35. The van der Waals surface area contributed by atoms with Crippen molar-refractivity contribution in [1.82, 2.24) is 5.32 Å². The molecule has 0 saturated heterocycles. The highest BCUT2D eigenvalue weighted by Crippen LogP contribution is 2.41. The van der Waals surface area contributed by atoms with Crippen LogP contribution < -0.4 is 5.32 Å². The van der Waals surface area contributed by atoms with E-state index >= 15 is 0 Å². The highest BCUT2D eigenvalue weighted by molar-refractivity contribution is 5.46. The average molecular weight is 209 g/mol. The lowest BCUT2D eigenvalue weighted by Crippen LogP contribution is -2.41. The van der Waals surface area contributed by atoms with Gasteiger partial charge in [-0.3, -0.25) is 4.79 Å². The Morgan fingerprint density at radius 1 is 1.36 bits per heavy atom. The van der Waals surface area contributed by atoms with Crippen LogP contribution in [0.15, 0.2) is 0 Å². The molecule has 0 radical (unpaired) electrons. The molecule has 3 atom stereocenters. The fraction of sp³-hybridized carbons (Fsp3) is 0.889. The summed E-state index contributed by atoms with van der Waals surface area (Å²) in [6.07, 6.45) is -2.47. The molecule has 0 aromatic rings. The zero-order chi connectivity index (χ0) is 10.8. The van der Waals surface area contributed by atoms with Crippen LogP contribution in [-0.4, -0.2) is 18.6 Å². The topological polar surface area (TPSA) is 29.1 Å². The predicted molar refractivity (Wildman–Crippen MR) is 45.5 cm³/mol. The van der Waals surface area contributed by atoms with Gasteiger partial charge in [-0.05, 0) is 25.2 Å². The molecule has 1 amide bonds. The third-order valence-electron chi connectivity index (χ3n) is 2.92. The number of amides is 1. The summed E-state index contributed by atoms with van der Waals surface area (Å²) in [4.78, 5) is 10.1. The van der Waals surface area contributed by atoms with Gasteiger partial charge in [-0.25, -0.2) is 0 Å². The van der Waals surface area contributed by atoms with Gasteiger partial charge >= 0.3 is 6.18 Å². The monoisotopic (exact) mass is 209 g/mol.